The van der Waals surface area contributed by atoms with Crippen LogP contribution in [0.5, 0.6) is 5.88 Å². The first kappa shape index (κ1) is 10.5. The van der Waals surface area contributed by atoms with Crippen LogP contribution in [0.25, 0.3) is 0 Å². The first-order valence-electron chi connectivity index (χ1n) is 3.78. The summed E-state index contributed by atoms with van der Waals surface area (Å²) in [5.74, 6) is -1.10. The van der Waals surface area contributed by atoms with Crippen molar-refractivity contribution in [3.63, 3.8) is 0 Å². The summed E-state index contributed by atoms with van der Waals surface area (Å²) >= 11 is 5.59. The predicted octanol–water partition coefficient (Wildman–Crippen LogP) is 2.00. The first-order chi connectivity index (χ1) is 6.65. The normalized spacial score (nSPS) is 9.50. The highest BCUT2D eigenvalue weighted by Crippen LogP contribution is 2.18. The summed E-state index contributed by atoms with van der Waals surface area (Å²) in [7, 11) is 0. The minimum Gasteiger partial charge on any atom is -0.477 e. The molecule has 1 N–H and O–H groups in total. The molecule has 14 heavy (non-hydrogen) atoms. The summed E-state index contributed by atoms with van der Waals surface area (Å²) in [4.78, 5) is 14.5. The second kappa shape index (κ2) is 4.62. The molecule has 1 aromatic rings. The van der Waals surface area contributed by atoms with E-state index in [0.717, 1.165) is 0 Å². The van der Waals surface area contributed by atoms with Gasteiger partial charge in [0.05, 0.1) is 0 Å². The van der Waals surface area contributed by atoms with Gasteiger partial charge in [0.15, 0.2) is 0 Å². The van der Waals surface area contributed by atoms with Gasteiger partial charge < -0.3 is 9.84 Å². The van der Waals surface area contributed by atoms with Crippen LogP contribution in [0, 0.1) is 0 Å². The molecule has 0 atom stereocenters. The van der Waals surface area contributed by atoms with Gasteiger partial charge in [0.1, 0.15) is 17.3 Å². The fourth-order valence-corrected chi connectivity index (χ4v) is 0.968. The number of halogens is 1. The number of carboxylic acid groups (broad SMARTS) is 1. The van der Waals surface area contributed by atoms with Crippen LogP contribution in [0.2, 0.25) is 5.15 Å². The molecule has 5 heteroatoms. The number of rotatable bonds is 4. The summed E-state index contributed by atoms with van der Waals surface area (Å²) < 4.78 is 5.03. The molecule has 1 heterocycles. The predicted molar refractivity (Wildman–Crippen MR) is 51.9 cm³/mol. The summed E-state index contributed by atoms with van der Waals surface area (Å²) in [6.07, 6.45) is 1.49. The molecule has 1 rings (SSSR count). The molecule has 0 aliphatic heterocycles. The van der Waals surface area contributed by atoms with Crippen molar-refractivity contribution in [3.8, 4) is 5.88 Å². The van der Waals surface area contributed by atoms with Gasteiger partial charge in [-0.3, -0.25) is 0 Å². The maximum absolute atomic E-state index is 10.7. The Morgan fingerprint density at radius 1 is 1.71 bits per heavy atom. The molecular formula is C9H8ClNO3. The van der Waals surface area contributed by atoms with Crippen molar-refractivity contribution in [2.75, 3.05) is 6.61 Å². The minimum atomic E-state index is -1.10. The second-order valence-corrected chi connectivity index (χ2v) is 2.78. The van der Waals surface area contributed by atoms with E-state index in [0.29, 0.717) is 0 Å². The Bertz CT molecular complexity index is 365. The fourth-order valence-electron chi connectivity index (χ4n) is 0.829. The molecule has 0 aromatic carbocycles. The number of nitrogens with zero attached hydrogens (tertiary/aromatic N) is 1. The van der Waals surface area contributed by atoms with E-state index in [2.05, 4.69) is 11.6 Å². The number of pyridine rings is 1. The Labute approximate surface area is 85.8 Å². The van der Waals surface area contributed by atoms with E-state index in [1.807, 2.05) is 0 Å². The van der Waals surface area contributed by atoms with E-state index < -0.39 is 5.97 Å². The third kappa shape index (κ3) is 2.47. The summed E-state index contributed by atoms with van der Waals surface area (Å²) in [5, 5.41) is 8.96. The topological polar surface area (TPSA) is 59.4 Å². The number of hydrogen-bond donors (Lipinski definition) is 1. The van der Waals surface area contributed by atoms with E-state index in [1.54, 1.807) is 0 Å². The zero-order chi connectivity index (χ0) is 10.6. The number of hydrogen-bond acceptors (Lipinski definition) is 3. The third-order valence-electron chi connectivity index (χ3n) is 1.39. The first-order valence-corrected chi connectivity index (χ1v) is 4.16. The quantitative estimate of drug-likeness (QED) is 0.614. The van der Waals surface area contributed by atoms with Gasteiger partial charge in [-0.25, -0.2) is 9.78 Å². The molecular weight excluding hydrogens is 206 g/mol. The average Bonchev–Trinajstić information content (AvgIpc) is 2.14. The lowest BCUT2D eigenvalue weighted by molar-refractivity contribution is 0.0692. The average molecular weight is 214 g/mol. The van der Waals surface area contributed by atoms with Gasteiger partial charge >= 0.3 is 5.97 Å². The third-order valence-corrected chi connectivity index (χ3v) is 1.61. The van der Waals surface area contributed by atoms with Crippen molar-refractivity contribution in [3.05, 3.63) is 35.5 Å². The highest BCUT2D eigenvalue weighted by Gasteiger charge is 2.12. The molecule has 0 fully saturated rings. The smallest absolute Gasteiger partial charge is 0.341 e. The number of carboxylic acids is 1. The van der Waals surface area contributed by atoms with E-state index in [4.69, 9.17) is 21.4 Å². The van der Waals surface area contributed by atoms with Crippen LogP contribution in [0.4, 0.5) is 0 Å². The Morgan fingerprint density at radius 2 is 2.43 bits per heavy atom. The molecule has 1 aromatic heterocycles. The van der Waals surface area contributed by atoms with Gasteiger partial charge in [-0.15, -0.1) is 0 Å². The second-order valence-electron chi connectivity index (χ2n) is 2.39. The van der Waals surface area contributed by atoms with E-state index in [9.17, 15) is 4.79 Å². The van der Waals surface area contributed by atoms with Gasteiger partial charge in [0.25, 0.3) is 0 Å². The van der Waals surface area contributed by atoms with E-state index >= 15 is 0 Å². The van der Waals surface area contributed by atoms with Crippen molar-refractivity contribution >= 4 is 17.6 Å². The van der Waals surface area contributed by atoms with Crippen molar-refractivity contribution in [2.45, 2.75) is 0 Å². The van der Waals surface area contributed by atoms with Crippen molar-refractivity contribution in [1.29, 1.82) is 0 Å². The Hall–Kier alpha value is -1.55. The van der Waals surface area contributed by atoms with Crippen LogP contribution in [-0.4, -0.2) is 22.7 Å². The number of carbonyl (C=O) groups is 1. The molecule has 0 spiro atoms. The van der Waals surface area contributed by atoms with E-state index in [1.165, 1.54) is 18.2 Å². The lowest BCUT2D eigenvalue weighted by Gasteiger charge is -2.05. The number of aromatic carboxylic acids is 1. The van der Waals surface area contributed by atoms with Crippen molar-refractivity contribution in [2.24, 2.45) is 0 Å². The zero-order valence-electron chi connectivity index (χ0n) is 7.24. The molecule has 0 aliphatic rings. The highest BCUT2D eigenvalue weighted by atomic mass is 35.5. The minimum absolute atomic E-state index is 0.00454. The van der Waals surface area contributed by atoms with Crippen LogP contribution in [0.1, 0.15) is 10.4 Å². The fraction of sp³-hybridized carbons (Fsp3) is 0.111. The van der Waals surface area contributed by atoms with Gasteiger partial charge in [-0.1, -0.05) is 24.3 Å². The molecule has 0 bridgehead atoms. The maximum atomic E-state index is 10.7. The van der Waals surface area contributed by atoms with Crippen LogP contribution < -0.4 is 4.74 Å². The summed E-state index contributed by atoms with van der Waals surface area (Å²) in [6, 6.07) is 2.74. The lowest BCUT2D eigenvalue weighted by atomic mass is 10.3. The Kier molecular flexibility index (Phi) is 3.48. The molecule has 0 unspecified atom stereocenters. The molecule has 0 amide bonds. The van der Waals surface area contributed by atoms with Crippen LogP contribution >= 0.6 is 11.6 Å². The lowest BCUT2D eigenvalue weighted by Crippen LogP contribution is -2.05. The Balaban J connectivity index is 3.02. The van der Waals surface area contributed by atoms with Gasteiger partial charge in [0.2, 0.25) is 5.88 Å². The van der Waals surface area contributed by atoms with Crippen molar-refractivity contribution in [1.82, 2.24) is 4.98 Å². The molecule has 0 aliphatic carbocycles. The molecule has 0 radical (unpaired) electrons. The van der Waals surface area contributed by atoms with Crippen molar-refractivity contribution < 1.29 is 14.6 Å². The molecule has 0 saturated heterocycles. The number of aromatic nitrogens is 1. The van der Waals surface area contributed by atoms with Gasteiger partial charge in [0, 0.05) is 0 Å². The summed E-state index contributed by atoms with van der Waals surface area (Å²) in [6.45, 7) is 3.63. The van der Waals surface area contributed by atoms with Crippen LogP contribution in [-0.2, 0) is 0 Å². The number of ether oxygens (including phenoxy) is 1. The van der Waals surface area contributed by atoms with Crippen LogP contribution in [0.3, 0.4) is 0 Å². The standard InChI is InChI=1S/C9H8ClNO3/c1-2-5-14-8-6(9(12)13)3-4-7(10)11-8/h2-4H,1,5H2,(H,12,13). The maximum Gasteiger partial charge on any atom is 0.341 e. The molecule has 4 nitrogen and oxygen atoms in total. The van der Waals surface area contributed by atoms with Gasteiger partial charge in [-0.05, 0) is 12.1 Å². The van der Waals surface area contributed by atoms with E-state index in [-0.39, 0.29) is 23.2 Å². The summed E-state index contributed by atoms with van der Waals surface area (Å²) in [5.41, 5.74) is -0.0174. The zero-order valence-corrected chi connectivity index (χ0v) is 7.99. The Morgan fingerprint density at radius 3 is 3.00 bits per heavy atom. The SMILES string of the molecule is C=CCOc1nc(Cl)ccc1C(=O)O. The molecule has 0 saturated carbocycles. The highest BCUT2D eigenvalue weighted by molar-refractivity contribution is 6.29. The van der Waals surface area contributed by atoms with Gasteiger partial charge in [-0.2, -0.15) is 0 Å². The molecule has 74 valence electrons. The monoisotopic (exact) mass is 213 g/mol. The van der Waals surface area contributed by atoms with Crippen LogP contribution in [0.15, 0.2) is 24.8 Å². The largest absolute Gasteiger partial charge is 0.477 e.